The molecule has 5 atom stereocenters. The summed E-state index contributed by atoms with van der Waals surface area (Å²) in [4.78, 5) is 18.4. The molecule has 2 aromatic rings. The summed E-state index contributed by atoms with van der Waals surface area (Å²) in [5.74, 6) is -0.645. The molecule has 6 nitrogen and oxygen atoms in total. The van der Waals surface area contributed by atoms with Crippen LogP contribution in [0.1, 0.15) is 24.6 Å². The number of carbonyl (C=O) groups excluding carboxylic acids is 1. The van der Waals surface area contributed by atoms with Crippen LogP contribution in [0.3, 0.4) is 0 Å². The normalized spacial score (nSPS) is 38.2. The van der Waals surface area contributed by atoms with Gasteiger partial charge in [-0.2, -0.15) is 0 Å². The van der Waals surface area contributed by atoms with E-state index in [2.05, 4.69) is 4.98 Å². The largest absolute Gasteiger partial charge is 0.468 e. The van der Waals surface area contributed by atoms with E-state index < -0.39 is 17.1 Å². The number of nitrogens with zero attached hydrogens (tertiary/aromatic N) is 1. The number of aromatic nitrogens is 1. The second-order valence-electron chi connectivity index (χ2n) is 8.00. The highest BCUT2D eigenvalue weighted by Gasteiger charge is 2.69. The van der Waals surface area contributed by atoms with Gasteiger partial charge in [0.05, 0.1) is 19.4 Å². The van der Waals surface area contributed by atoms with Gasteiger partial charge in [-0.05, 0) is 25.0 Å². The SMILES string of the molecule is CC=C1CN2[C@H]3Cc4c([nH]c5ccccc45)[C@]2(O)C[C@@H]1[C@@]3(CO)C(=O)OC. The molecule has 5 heterocycles. The topological polar surface area (TPSA) is 85.8 Å². The van der Waals surface area contributed by atoms with Gasteiger partial charge in [-0.3, -0.25) is 9.69 Å². The lowest BCUT2D eigenvalue weighted by molar-refractivity contribution is -0.252. The predicted molar refractivity (Wildman–Crippen MR) is 99.8 cm³/mol. The minimum absolute atomic E-state index is 0.250. The lowest BCUT2D eigenvalue weighted by atomic mass is 9.54. The summed E-state index contributed by atoms with van der Waals surface area (Å²) in [6.07, 6.45) is 2.96. The maximum Gasteiger partial charge on any atom is 0.316 e. The number of hydrogen-bond donors (Lipinski definition) is 3. The quantitative estimate of drug-likeness (QED) is 0.555. The van der Waals surface area contributed by atoms with E-state index in [1.165, 1.54) is 7.11 Å². The summed E-state index contributed by atoms with van der Waals surface area (Å²) in [5.41, 5.74) is 1.71. The van der Waals surface area contributed by atoms with Crippen LogP contribution in [0, 0.1) is 11.3 Å². The molecule has 3 N–H and O–H groups in total. The van der Waals surface area contributed by atoms with E-state index in [1.54, 1.807) is 0 Å². The van der Waals surface area contributed by atoms with E-state index in [4.69, 9.17) is 4.74 Å². The van der Waals surface area contributed by atoms with Crippen LogP contribution < -0.4 is 0 Å². The fourth-order valence-corrected chi connectivity index (χ4v) is 5.89. The molecule has 6 rings (SSSR count). The fraction of sp³-hybridized carbons (Fsp3) is 0.476. The van der Waals surface area contributed by atoms with Crippen molar-refractivity contribution < 1.29 is 19.7 Å². The Hall–Kier alpha value is -2.15. The summed E-state index contributed by atoms with van der Waals surface area (Å²) in [6, 6.07) is 7.69. The Bertz CT molecular complexity index is 980. The van der Waals surface area contributed by atoms with E-state index in [-0.39, 0.29) is 18.6 Å². The number of hydrogen-bond acceptors (Lipinski definition) is 5. The van der Waals surface area contributed by atoms with E-state index in [1.807, 2.05) is 42.2 Å². The Kier molecular flexibility index (Phi) is 3.42. The van der Waals surface area contributed by atoms with E-state index >= 15 is 0 Å². The number of benzene rings is 1. The van der Waals surface area contributed by atoms with Crippen LogP contribution in [0.25, 0.3) is 10.9 Å². The zero-order chi connectivity index (χ0) is 19.0. The molecule has 0 spiro atoms. The molecule has 0 amide bonds. The summed E-state index contributed by atoms with van der Waals surface area (Å²) in [5, 5.41) is 23.3. The zero-order valence-electron chi connectivity index (χ0n) is 15.5. The van der Waals surface area contributed by atoms with Crippen molar-refractivity contribution in [3.8, 4) is 0 Å². The molecule has 1 aromatic carbocycles. The average Bonchev–Trinajstić information content (AvgIpc) is 3.07. The van der Waals surface area contributed by atoms with Crippen LogP contribution in [-0.4, -0.2) is 52.4 Å². The Morgan fingerprint density at radius 1 is 1.44 bits per heavy atom. The summed E-state index contributed by atoms with van der Waals surface area (Å²) in [6.45, 7) is 2.25. The highest BCUT2D eigenvalue weighted by Crippen LogP contribution is 2.61. The Morgan fingerprint density at radius 3 is 2.93 bits per heavy atom. The van der Waals surface area contributed by atoms with Gasteiger partial charge in [0, 0.05) is 35.8 Å². The highest BCUT2D eigenvalue weighted by molar-refractivity contribution is 5.86. The number of fused-ring (bicyclic) bond motifs is 4. The molecular weight excluding hydrogens is 344 g/mol. The number of ether oxygens (including phenoxy) is 1. The van der Waals surface area contributed by atoms with Gasteiger partial charge in [-0.25, -0.2) is 0 Å². The van der Waals surface area contributed by atoms with Crippen molar-refractivity contribution >= 4 is 16.9 Å². The smallest absolute Gasteiger partial charge is 0.316 e. The van der Waals surface area contributed by atoms with E-state index in [0.717, 1.165) is 27.7 Å². The standard InChI is InChI=1S/C21H24N2O4/c1-3-12-10-23-17-8-14-13-6-4-5-7-16(13)22-18(14)21(23,26)9-15(12)20(17,11-24)19(25)27-2/h3-7,15,17,22,24,26H,8-11H2,1-2H3/t15-,17-,20+,21+/m0/s1. The van der Waals surface area contributed by atoms with Gasteiger partial charge in [-0.15, -0.1) is 0 Å². The molecular formula is C21H24N2O4. The summed E-state index contributed by atoms with van der Waals surface area (Å²) >= 11 is 0. The molecule has 142 valence electrons. The third-order valence-corrected chi connectivity index (χ3v) is 7.17. The van der Waals surface area contributed by atoms with Gasteiger partial charge in [0.2, 0.25) is 0 Å². The van der Waals surface area contributed by atoms with Crippen LogP contribution in [0.2, 0.25) is 0 Å². The number of nitrogens with one attached hydrogen (secondary N) is 1. The number of methoxy groups -OCH3 is 1. The van der Waals surface area contributed by atoms with Crippen LogP contribution in [0.4, 0.5) is 0 Å². The first-order chi connectivity index (χ1) is 13.0. The molecule has 4 aliphatic heterocycles. The monoisotopic (exact) mass is 368 g/mol. The van der Waals surface area contributed by atoms with Crippen molar-refractivity contribution in [2.75, 3.05) is 20.3 Å². The molecule has 6 heteroatoms. The number of esters is 1. The number of aliphatic hydroxyl groups is 2. The van der Waals surface area contributed by atoms with Gasteiger partial charge >= 0.3 is 5.97 Å². The fourth-order valence-electron chi connectivity index (χ4n) is 5.89. The number of aliphatic hydroxyl groups excluding tert-OH is 1. The number of rotatable bonds is 2. The van der Waals surface area contributed by atoms with Gasteiger partial charge in [0.25, 0.3) is 0 Å². The lowest BCUT2D eigenvalue weighted by Crippen LogP contribution is -2.75. The number of allylic oxidation sites excluding steroid dienone is 1. The van der Waals surface area contributed by atoms with Crippen molar-refractivity contribution in [3.05, 3.63) is 47.2 Å². The number of piperidine rings is 3. The van der Waals surface area contributed by atoms with Crippen molar-refractivity contribution in [3.63, 3.8) is 0 Å². The highest BCUT2D eigenvalue weighted by atomic mass is 16.5. The van der Waals surface area contributed by atoms with Gasteiger partial charge in [-0.1, -0.05) is 29.8 Å². The maximum atomic E-state index is 13.0. The van der Waals surface area contributed by atoms with Crippen LogP contribution >= 0.6 is 0 Å². The zero-order valence-corrected chi connectivity index (χ0v) is 15.5. The van der Waals surface area contributed by atoms with Crippen molar-refractivity contribution in [2.45, 2.75) is 31.5 Å². The molecule has 3 fully saturated rings. The third-order valence-electron chi connectivity index (χ3n) is 7.17. The molecule has 3 saturated heterocycles. The van der Waals surface area contributed by atoms with Crippen molar-refractivity contribution in [2.24, 2.45) is 11.3 Å². The van der Waals surface area contributed by atoms with Crippen LogP contribution in [0.15, 0.2) is 35.9 Å². The molecule has 0 saturated carbocycles. The minimum atomic E-state index is -1.17. The first-order valence-corrected chi connectivity index (χ1v) is 9.44. The van der Waals surface area contributed by atoms with E-state index in [9.17, 15) is 15.0 Å². The lowest BCUT2D eigenvalue weighted by Gasteiger charge is -2.65. The van der Waals surface area contributed by atoms with Gasteiger partial charge in [0.15, 0.2) is 5.72 Å². The van der Waals surface area contributed by atoms with Crippen LogP contribution in [0.5, 0.6) is 0 Å². The van der Waals surface area contributed by atoms with Gasteiger partial charge < -0.3 is 19.9 Å². The Morgan fingerprint density at radius 2 is 2.22 bits per heavy atom. The summed E-state index contributed by atoms with van der Waals surface area (Å²) < 4.78 is 5.17. The summed E-state index contributed by atoms with van der Waals surface area (Å²) in [7, 11) is 1.37. The average molecular weight is 368 g/mol. The number of H-pyrrole nitrogens is 1. The molecule has 27 heavy (non-hydrogen) atoms. The Labute approximate surface area is 157 Å². The maximum absolute atomic E-state index is 13.0. The number of para-hydroxylation sites is 1. The predicted octanol–water partition coefficient (Wildman–Crippen LogP) is 1.67. The molecule has 0 aliphatic carbocycles. The van der Waals surface area contributed by atoms with Gasteiger partial charge in [0.1, 0.15) is 5.41 Å². The van der Waals surface area contributed by atoms with Crippen molar-refractivity contribution in [1.29, 1.82) is 0 Å². The number of aromatic amines is 1. The van der Waals surface area contributed by atoms with E-state index in [0.29, 0.717) is 19.4 Å². The minimum Gasteiger partial charge on any atom is -0.468 e. The molecule has 4 bridgehead atoms. The number of carbonyl (C=O) groups is 1. The molecule has 0 radical (unpaired) electrons. The molecule has 4 aliphatic rings. The van der Waals surface area contributed by atoms with Crippen LogP contribution in [-0.2, 0) is 21.7 Å². The third kappa shape index (κ3) is 1.83. The molecule has 1 aromatic heterocycles. The first-order valence-electron chi connectivity index (χ1n) is 9.44. The van der Waals surface area contributed by atoms with Crippen molar-refractivity contribution in [1.82, 2.24) is 9.88 Å². The first kappa shape index (κ1) is 17.0. The second kappa shape index (κ2) is 5.44. The molecule has 1 unspecified atom stereocenters. The second-order valence-corrected chi connectivity index (χ2v) is 8.00. The Balaban J connectivity index is 1.78.